The van der Waals surface area contributed by atoms with Gasteiger partial charge >= 0.3 is 12.1 Å². The molecular weight excluding hydrogens is 373 g/mol. The summed E-state index contributed by atoms with van der Waals surface area (Å²) >= 11 is 0. The predicted octanol–water partition coefficient (Wildman–Crippen LogP) is 4.20. The van der Waals surface area contributed by atoms with Crippen LogP contribution in [0.1, 0.15) is 15.9 Å². The van der Waals surface area contributed by atoms with Gasteiger partial charge in [-0.15, -0.1) is 0 Å². The van der Waals surface area contributed by atoms with E-state index in [0.29, 0.717) is 28.1 Å². The maximum Gasteiger partial charge on any atom is 0.417 e. The first-order chi connectivity index (χ1) is 13.4. The average Bonchev–Trinajstić information content (AvgIpc) is 3.11. The first-order valence-electron chi connectivity index (χ1n) is 8.04. The Hall–Kier alpha value is -3.75. The number of carbonyl (C=O) groups is 1. The van der Waals surface area contributed by atoms with Gasteiger partial charge in [-0.25, -0.2) is 19.7 Å². The molecule has 1 aromatic carbocycles. The van der Waals surface area contributed by atoms with E-state index in [1.54, 1.807) is 41.4 Å². The molecule has 3 aromatic heterocycles. The number of hydrogen-bond acceptors (Lipinski definition) is 4. The van der Waals surface area contributed by atoms with Gasteiger partial charge in [0.2, 0.25) is 5.95 Å². The normalized spacial score (nSPS) is 11.7. The number of nitrogens with zero attached hydrogens (tertiary/aromatic N) is 4. The largest absolute Gasteiger partial charge is 0.478 e. The van der Waals surface area contributed by atoms with Crippen molar-refractivity contribution in [3.63, 3.8) is 0 Å². The smallest absolute Gasteiger partial charge is 0.417 e. The van der Waals surface area contributed by atoms with Crippen LogP contribution in [0.3, 0.4) is 0 Å². The maximum absolute atomic E-state index is 13.1. The molecule has 0 fully saturated rings. The van der Waals surface area contributed by atoms with Crippen molar-refractivity contribution >= 4 is 17.0 Å². The molecule has 0 atom stereocenters. The number of carboxylic acid groups (broad SMARTS) is 1. The Labute approximate surface area is 155 Å². The minimum absolute atomic E-state index is 0.338. The highest BCUT2D eigenvalue weighted by molar-refractivity contribution is 5.97. The van der Waals surface area contributed by atoms with E-state index >= 15 is 0 Å². The van der Waals surface area contributed by atoms with E-state index in [0.717, 1.165) is 12.1 Å². The van der Waals surface area contributed by atoms with Crippen molar-refractivity contribution in [2.24, 2.45) is 0 Å². The summed E-state index contributed by atoms with van der Waals surface area (Å²) in [5.74, 6) is -1.25. The van der Waals surface area contributed by atoms with Gasteiger partial charge in [0, 0.05) is 30.2 Å². The van der Waals surface area contributed by atoms with Crippen LogP contribution in [-0.4, -0.2) is 30.6 Å². The summed E-state index contributed by atoms with van der Waals surface area (Å²) in [7, 11) is 0. The highest BCUT2D eigenvalue weighted by Crippen LogP contribution is 2.36. The quantitative estimate of drug-likeness (QED) is 0.573. The average molecular weight is 384 g/mol. The predicted molar refractivity (Wildman–Crippen MR) is 94.1 cm³/mol. The van der Waals surface area contributed by atoms with Gasteiger partial charge in [0.1, 0.15) is 5.65 Å². The number of benzene rings is 1. The van der Waals surface area contributed by atoms with Gasteiger partial charge in [0.15, 0.2) is 0 Å². The summed E-state index contributed by atoms with van der Waals surface area (Å²) < 4.78 is 40.9. The lowest BCUT2D eigenvalue weighted by Gasteiger charge is -2.12. The van der Waals surface area contributed by atoms with Crippen molar-refractivity contribution in [1.29, 1.82) is 0 Å². The van der Waals surface area contributed by atoms with Crippen LogP contribution in [0, 0.1) is 0 Å². The third kappa shape index (κ3) is 2.96. The van der Waals surface area contributed by atoms with Gasteiger partial charge in [-0.2, -0.15) is 13.2 Å². The molecule has 0 aliphatic carbocycles. The second kappa shape index (κ2) is 6.45. The lowest BCUT2D eigenvalue weighted by atomic mass is 9.98. The molecule has 3 heterocycles. The fraction of sp³-hybridized carbons (Fsp3) is 0.0526. The van der Waals surface area contributed by atoms with Crippen LogP contribution in [-0.2, 0) is 6.18 Å². The fourth-order valence-electron chi connectivity index (χ4n) is 3.00. The summed E-state index contributed by atoms with van der Waals surface area (Å²) in [6.07, 6.45) is 1.59. The number of hydrogen-bond donors (Lipinski definition) is 1. The Balaban J connectivity index is 1.90. The summed E-state index contributed by atoms with van der Waals surface area (Å²) in [6, 6.07) is 8.07. The zero-order valence-corrected chi connectivity index (χ0v) is 14.1. The van der Waals surface area contributed by atoms with Crippen LogP contribution in [0.15, 0.2) is 61.2 Å². The van der Waals surface area contributed by atoms with Crippen LogP contribution < -0.4 is 0 Å². The molecule has 0 radical (unpaired) electrons. The van der Waals surface area contributed by atoms with E-state index < -0.39 is 23.3 Å². The second-order valence-electron chi connectivity index (χ2n) is 5.89. The van der Waals surface area contributed by atoms with Crippen LogP contribution in [0.2, 0.25) is 0 Å². The molecule has 0 amide bonds. The molecule has 0 saturated carbocycles. The summed E-state index contributed by atoms with van der Waals surface area (Å²) in [4.78, 5) is 24.0. The SMILES string of the molecule is O=C(O)c1cc(-c2ccnc3c2ccn3-c2ncccn2)ccc1C(F)(F)F. The van der Waals surface area contributed by atoms with Gasteiger partial charge in [0.05, 0.1) is 11.1 Å². The van der Waals surface area contributed by atoms with E-state index in [1.807, 2.05) is 0 Å². The molecular formula is C19H11F3N4O2. The molecule has 0 bridgehead atoms. The molecule has 0 saturated heterocycles. The number of alkyl halides is 3. The van der Waals surface area contributed by atoms with Gasteiger partial charge in [-0.05, 0) is 41.5 Å². The van der Waals surface area contributed by atoms with Crippen molar-refractivity contribution in [3.8, 4) is 17.1 Å². The molecule has 0 aliphatic rings. The van der Waals surface area contributed by atoms with Crippen molar-refractivity contribution in [2.75, 3.05) is 0 Å². The Morgan fingerprint density at radius 1 is 1.00 bits per heavy atom. The first-order valence-corrected chi connectivity index (χ1v) is 8.04. The molecule has 0 unspecified atom stereocenters. The van der Waals surface area contributed by atoms with E-state index in [-0.39, 0.29) is 0 Å². The third-order valence-corrected chi connectivity index (χ3v) is 4.22. The van der Waals surface area contributed by atoms with Crippen molar-refractivity contribution in [1.82, 2.24) is 19.5 Å². The van der Waals surface area contributed by atoms with E-state index in [4.69, 9.17) is 0 Å². The van der Waals surface area contributed by atoms with Crippen molar-refractivity contribution < 1.29 is 23.1 Å². The van der Waals surface area contributed by atoms with Crippen LogP contribution >= 0.6 is 0 Å². The summed E-state index contributed by atoms with van der Waals surface area (Å²) in [5.41, 5.74) is -0.606. The highest BCUT2D eigenvalue weighted by atomic mass is 19.4. The van der Waals surface area contributed by atoms with Gasteiger partial charge in [0.25, 0.3) is 0 Å². The fourth-order valence-corrected chi connectivity index (χ4v) is 3.00. The van der Waals surface area contributed by atoms with Crippen LogP contribution in [0.4, 0.5) is 13.2 Å². The molecule has 1 N–H and O–H groups in total. The lowest BCUT2D eigenvalue weighted by Crippen LogP contribution is -2.12. The standard InChI is InChI=1S/C19H11F3N4O2/c20-19(21,22)15-3-2-11(10-14(15)17(27)28)12-4-8-23-16-13(12)5-9-26(16)18-24-6-1-7-25-18/h1-10H,(H,27,28). The molecule has 0 spiro atoms. The number of aromatic nitrogens is 4. The monoisotopic (exact) mass is 384 g/mol. The Bertz CT molecular complexity index is 1190. The number of fused-ring (bicyclic) bond motifs is 1. The van der Waals surface area contributed by atoms with Crippen molar-refractivity contribution in [2.45, 2.75) is 6.18 Å². The molecule has 0 aliphatic heterocycles. The van der Waals surface area contributed by atoms with Gasteiger partial charge in [-0.1, -0.05) is 6.07 Å². The van der Waals surface area contributed by atoms with Crippen molar-refractivity contribution in [3.05, 3.63) is 72.3 Å². The molecule has 9 heteroatoms. The van der Waals surface area contributed by atoms with E-state index in [9.17, 15) is 23.1 Å². The molecule has 28 heavy (non-hydrogen) atoms. The first kappa shape index (κ1) is 17.7. The molecule has 140 valence electrons. The van der Waals surface area contributed by atoms with Crippen LogP contribution in [0.5, 0.6) is 0 Å². The Morgan fingerprint density at radius 2 is 1.75 bits per heavy atom. The molecule has 4 rings (SSSR count). The number of pyridine rings is 1. The van der Waals surface area contributed by atoms with Crippen LogP contribution in [0.25, 0.3) is 28.1 Å². The topological polar surface area (TPSA) is 80.9 Å². The maximum atomic E-state index is 13.1. The lowest BCUT2D eigenvalue weighted by molar-refractivity contribution is -0.138. The number of rotatable bonds is 3. The number of aromatic carboxylic acids is 1. The van der Waals surface area contributed by atoms with Gasteiger partial charge < -0.3 is 5.11 Å². The number of carboxylic acids is 1. The minimum Gasteiger partial charge on any atom is -0.478 e. The van der Waals surface area contributed by atoms with E-state index in [2.05, 4.69) is 15.0 Å². The Kier molecular flexibility index (Phi) is 4.07. The van der Waals surface area contributed by atoms with E-state index in [1.165, 1.54) is 12.3 Å². The summed E-state index contributed by atoms with van der Waals surface area (Å²) in [5, 5.41) is 9.86. The number of halogens is 3. The molecule has 6 nitrogen and oxygen atoms in total. The second-order valence-corrected chi connectivity index (χ2v) is 5.89. The zero-order valence-electron chi connectivity index (χ0n) is 14.1. The Morgan fingerprint density at radius 3 is 2.43 bits per heavy atom. The zero-order chi connectivity index (χ0) is 19.9. The highest BCUT2D eigenvalue weighted by Gasteiger charge is 2.35. The minimum atomic E-state index is -4.76. The molecule has 4 aromatic rings. The summed E-state index contributed by atoms with van der Waals surface area (Å²) in [6.45, 7) is 0. The third-order valence-electron chi connectivity index (χ3n) is 4.22. The van der Waals surface area contributed by atoms with Gasteiger partial charge in [-0.3, -0.25) is 4.57 Å².